The number of carbonyl (C=O) groups is 2. The highest BCUT2D eigenvalue weighted by molar-refractivity contribution is 5.78. The molecule has 1 heterocycles. The zero-order chi connectivity index (χ0) is 18.6. The van der Waals surface area contributed by atoms with Crippen LogP contribution in [-0.2, 0) is 9.53 Å². The Morgan fingerprint density at radius 2 is 1.96 bits per heavy atom. The highest BCUT2D eigenvalue weighted by Crippen LogP contribution is 2.31. The second kappa shape index (κ2) is 8.07. The summed E-state index contributed by atoms with van der Waals surface area (Å²) >= 11 is 0. The fourth-order valence-electron chi connectivity index (χ4n) is 3.79. The van der Waals surface area contributed by atoms with Gasteiger partial charge in [0.15, 0.2) is 0 Å². The number of hydrogen-bond acceptors (Lipinski definition) is 4. The van der Waals surface area contributed by atoms with E-state index in [1.807, 2.05) is 20.8 Å². The van der Waals surface area contributed by atoms with Gasteiger partial charge in [-0.1, -0.05) is 19.8 Å². The lowest BCUT2D eigenvalue weighted by Crippen LogP contribution is -2.56. The summed E-state index contributed by atoms with van der Waals surface area (Å²) in [6.45, 7) is 8.73. The number of carbonyl (C=O) groups excluding carboxylic acids is 2. The summed E-state index contributed by atoms with van der Waals surface area (Å²) in [4.78, 5) is 28.1. The molecule has 25 heavy (non-hydrogen) atoms. The van der Waals surface area contributed by atoms with Crippen molar-refractivity contribution in [3.8, 4) is 6.07 Å². The van der Waals surface area contributed by atoms with Crippen LogP contribution in [0.4, 0.5) is 4.79 Å². The molecule has 6 nitrogen and oxygen atoms in total. The normalized spacial score (nSPS) is 27.6. The third-order valence-electron chi connectivity index (χ3n) is 5.01. The van der Waals surface area contributed by atoms with Crippen LogP contribution in [0.3, 0.4) is 0 Å². The van der Waals surface area contributed by atoms with Gasteiger partial charge in [-0.25, -0.2) is 4.79 Å². The summed E-state index contributed by atoms with van der Waals surface area (Å²) in [6, 6.07) is 1.60. The first-order valence-corrected chi connectivity index (χ1v) is 9.36. The van der Waals surface area contributed by atoms with E-state index in [0.717, 1.165) is 12.8 Å². The van der Waals surface area contributed by atoms with Crippen molar-refractivity contribution in [2.45, 2.75) is 71.4 Å². The minimum absolute atomic E-state index is 0.0505. The number of nitrogens with zero attached hydrogens (tertiary/aromatic N) is 3. The maximum atomic E-state index is 12.7. The average molecular weight is 349 g/mol. The van der Waals surface area contributed by atoms with E-state index in [4.69, 9.17) is 4.74 Å². The Labute approximate surface area is 151 Å². The molecule has 0 aromatic carbocycles. The van der Waals surface area contributed by atoms with Crippen LogP contribution < -0.4 is 0 Å². The molecule has 2 rings (SSSR count). The molecular formula is C19H31N3O3. The molecule has 1 aliphatic heterocycles. The van der Waals surface area contributed by atoms with Gasteiger partial charge < -0.3 is 14.5 Å². The molecule has 1 saturated heterocycles. The van der Waals surface area contributed by atoms with Gasteiger partial charge in [-0.05, 0) is 45.4 Å². The van der Waals surface area contributed by atoms with E-state index in [1.54, 1.807) is 4.90 Å². The molecular weight excluding hydrogens is 318 g/mol. The number of nitriles is 1. The Bertz CT molecular complexity index is 535. The summed E-state index contributed by atoms with van der Waals surface area (Å²) in [5.74, 6) is 1.16. The molecule has 0 bridgehead atoms. The molecule has 2 amide bonds. The van der Waals surface area contributed by atoms with Gasteiger partial charge in [-0.2, -0.15) is 5.26 Å². The lowest BCUT2D eigenvalue weighted by atomic mass is 9.80. The predicted octanol–water partition coefficient (Wildman–Crippen LogP) is 3.17. The van der Waals surface area contributed by atoms with Crippen LogP contribution in [0.5, 0.6) is 0 Å². The van der Waals surface area contributed by atoms with Gasteiger partial charge >= 0.3 is 6.09 Å². The first-order chi connectivity index (χ1) is 11.7. The van der Waals surface area contributed by atoms with E-state index >= 15 is 0 Å². The molecule has 140 valence electrons. The van der Waals surface area contributed by atoms with Crippen LogP contribution in [0, 0.1) is 23.2 Å². The highest BCUT2D eigenvalue weighted by atomic mass is 16.6. The fourth-order valence-corrected chi connectivity index (χ4v) is 3.79. The molecule has 1 aliphatic carbocycles. The Hall–Kier alpha value is -1.77. The molecule has 3 atom stereocenters. The molecule has 0 aromatic heterocycles. The SMILES string of the molecule is C[C@@H]1CCC[C@H](CC(=O)N2CCN(C(=O)OC(C)(C)C)C[C@H]2C#N)C1. The zero-order valence-electron chi connectivity index (χ0n) is 16.0. The van der Waals surface area contributed by atoms with Gasteiger partial charge in [0, 0.05) is 19.5 Å². The van der Waals surface area contributed by atoms with E-state index in [9.17, 15) is 14.9 Å². The molecule has 0 aromatic rings. The molecule has 1 saturated carbocycles. The molecule has 6 heteroatoms. The van der Waals surface area contributed by atoms with Crippen molar-refractivity contribution in [2.75, 3.05) is 19.6 Å². The van der Waals surface area contributed by atoms with Crippen LogP contribution in [-0.4, -0.2) is 53.1 Å². The number of amides is 2. The highest BCUT2D eigenvalue weighted by Gasteiger charge is 2.35. The van der Waals surface area contributed by atoms with Crippen LogP contribution in [0.25, 0.3) is 0 Å². The topological polar surface area (TPSA) is 73.6 Å². The van der Waals surface area contributed by atoms with Crippen molar-refractivity contribution in [1.29, 1.82) is 5.26 Å². The Morgan fingerprint density at radius 3 is 2.56 bits per heavy atom. The smallest absolute Gasteiger partial charge is 0.410 e. The van der Waals surface area contributed by atoms with Crippen LogP contribution in [0.2, 0.25) is 0 Å². The van der Waals surface area contributed by atoms with Gasteiger partial charge in [-0.15, -0.1) is 0 Å². The fraction of sp³-hybridized carbons (Fsp3) is 0.842. The lowest BCUT2D eigenvalue weighted by Gasteiger charge is -2.39. The summed E-state index contributed by atoms with van der Waals surface area (Å²) in [6.07, 6.45) is 4.75. The zero-order valence-corrected chi connectivity index (χ0v) is 16.0. The molecule has 2 aliphatic rings. The molecule has 0 N–H and O–H groups in total. The van der Waals surface area contributed by atoms with Gasteiger partial charge in [-0.3, -0.25) is 4.79 Å². The van der Waals surface area contributed by atoms with Gasteiger partial charge in [0.2, 0.25) is 5.91 Å². The maximum absolute atomic E-state index is 12.7. The first kappa shape index (κ1) is 19.6. The van der Waals surface area contributed by atoms with E-state index in [2.05, 4.69) is 13.0 Å². The largest absolute Gasteiger partial charge is 0.444 e. The van der Waals surface area contributed by atoms with Crippen LogP contribution in [0.15, 0.2) is 0 Å². The monoisotopic (exact) mass is 349 g/mol. The van der Waals surface area contributed by atoms with Crippen molar-refractivity contribution < 1.29 is 14.3 Å². The van der Waals surface area contributed by atoms with E-state index in [0.29, 0.717) is 31.3 Å². The Morgan fingerprint density at radius 1 is 1.24 bits per heavy atom. The van der Waals surface area contributed by atoms with Crippen LogP contribution >= 0.6 is 0 Å². The summed E-state index contributed by atoms with van der Waals surface area (Å²) in [5.41, 5.74) is -0.566. The van der Waals surface area contributed by atoms with Gasteiger partial charge in [0.1, 0.15) is 11.6 Å². The predicted molar refractivity (Wildman–Crippen MR) is 94.7 cm³/mol. The first-order valence-electron chi connectivity index (χ1n) is 9.36. The minimum Gasteiger partial charge on any atom is -0.444 e. The van der Waals surface area contributed by atoms with Gasteiger partial charge in [0.05, 0.1) is 12.6 Å². The van der Waals surface area contributed by atoms with E-state index in [1.165, 1.54) is 17.7 Å². The number of ether oxygens (including phenoxy) is 1. The van der Waals surface area contributed by atoms with Crippen molar-refractivity contribution >= 4 is 12.0 Å². The molecule has 0 radical (unpaired) electrons. The average Bonchev–Trinajstić information content (AvgIpc) is 2.52. The van der Waals surface area contributed by atoms with E-state index < -0.39 is 17.7 Å². The van der Waals surface area contributed by atoms with Crippen molar-refractivity contribution in [1.82, 2.24) is 9.80 Å². The minimum atomic E-state index is -0.588. The Balaban J connectivity index is 1.92. The number of rotatable bonds is 2. The van der Waals surface area contributed by atoms with Crippen molar-refractivity contribution in [2.24, 2.45) is 11.8 Å². The molecule has 2 fully saturated rings. The number of hydrogen-bond donors (Lipinski definition) is 0. The lowest BCUT2D eigenvalue weighted by molar-refractivity contribution is -0.136. The quantitative estimate of drug-likeness (QED) is 0.767. The molecule has 0 spiro atoms. The second-order valence-electron chi connectivity index (χ2n) is 8.50. The second-order valence-corrected chi connectivity index (χ2v) is 8.50. The van der Waals surface area contributed by atoms with Gasteiger partial charge in [0.25, 0.3) is 0 Å². The van der Waals surface area contributed by atoms with E-state index in [-0.39, 0.29) is 12.5 Å². The third-order valence-corrected chi connectivity index (χ3v) is 5.01. The van der Waals surface area contributed by atoms with Crippen molar-refractivity contribution in [3.05, 3.63) is 0 Å². The van der Waals surface area contributed by atoms with Crippen LogP contribution in [0.1, 0.15) is 59.8 Å². The Kier molecular flexibility index (Phi) is 6.31. The third kappa shape index (κ3) is 5.62. The maximum Gasteiger partial charge on any atom is 0.410 e. The summed E-state index contributed by atoms with van der Waals surface area (Å²) in [7, 11) is 0. The summed E-state index contributed by atoms with van der Waals surface area (Å²) in [5, 5.41) is 9.47. The van der Waals surface area contributed by atoms with Crippen molar-refractivity contribution in [3.63, 3.8) is 0 Å². The number of piperazine rings is 1. The molecule has 0 unspecified atom stereocenters. The summed E-state index contributed by atoms with van der Waals surface area (Å²) < 4.78 is 5.37. The standard InChI is InChI=1S/C19H31N3O3/c1-14-6-5-7-15(10-14)11-17(23)22-9-8-21(13-16(22)12-20)18(24)25-19(2,3)4/h14-16H,5-11,13H2,1-4H3/t14-,15+,16-/m1/s1.